The molecule has 1 heterocycles. The van der Waals surface area contributed by atoms with E-state index in [0.29, 0.717) is 29.7 Å². The standard InChI is InChI=1S/C12H15BrFNO/c13-10-4-1-3-9(11(10)14)12(15)5-2-7-16-8-6-12/h1,3-4H,2,5-8,15H2. The van der Waals surface area contributed by atoms with Crippen LogP contribution in [0.5, 0.6) is 0 Å². The van der Waals surface area contributed by atoms with Crippen molar-refractivity contribution in [3.05, 3.63) is 34.1 Å². The summed E-state index contributed by atoms with van der Waals surface area (Å²) in [6.07, 6.45) is 2.31. The van der Waals surface area contributed by atoms with E-state index >= 15 is 0 Å². The fraction of sp³-hybridized carbons (Fsp3) is 0.500. The lowest BCUT2D eigenvalue weighted by atomic mass is 9.84. The Bertz CT molecular complexity index is 375. The van der Waals surface area contributed by atoms with Crippen LogP contribution in [-0.2, 0) is 10.3 Å². The molecule has 1 aromatic carbocycles. The first kappa shape index (κ1) is 12.0. The Labute approximate surface area is 103 Å². The molecule has 1 unspecified atom stereocenters. The first-order valence-corrected chi connectivity index (χ1v) is 6.24. The van der Waals surface area contributed by atoms with Crippen molar-refractivity contribution < 1.29 is 9.13 Å². The largest absolute Gasteiger partial charge is 0.381 e. The normalized spacial score (nSPS) is 26.4. The maximum atomic E-state index is 14.0. The summed E-state index contributed by atoms with van der Waals surface area (Å²) in [7, 11) is 0. The lowest BCUT2D eigenvalue weighted by molar-refractivity contribution is 0.139. The predicted octanol–water partition coefficient (Wildman–Crippen LogP) is 2.94. The first-order chi connectivity index (χ1) is 7.63. The number of halogens is 2. The highest BCUT2D eigenvalue weighted by Crippen LogP contribution is 2.33. The van der Waals surface area contributed by atoms with E-state index in [1.807, 2.05) is 6.07 Å². The van der Waals surface area contributed by atoms with Crippen LogP contribution in [0.3, 0.4) is 0 Å². The van der Waals surface area contributed by atoms with Crippen molar-refractivity contribution in [3.63, 3.8) is 0 Å². The molecule has 0 bridgehead atoms. The number of hydrogen-bond acceptors (Lipinski definition) is 2. The van der Waals surface area contributed by atoms with Gasteiger partial charge in [-0.1, -0.05) is 12.1 Å². The highest BCUT2D eigenvalue weighted by Gasteiger charge is 2.31. The Morgan fingerprint density at radius 1 is 1.31 bits per heavy atom. The van der Waals surface area contributed by atoms with Crippen LogP contribution < -0.4 is 5.73 Å². The molecule has 0 saturated carbocycles. The molecule has 0 aliphatic carbocycles. The zero-order chi connectivity index (χ0) is 11.6. The van der Waals surface area contributed by atoms with Crippen molar-refractivity contribution in [1.29, 1.82) is 0 Å². The topological polar surface area (TPSA) is 35.2 Å². The van der Waals surface area contributed by atoms with Crippen LogP contribution >= 0.6 is 15.9 Å². The minimum absolute atomic E-state index is 0.244. The summed E-state index contributed by atoms with van der Waals surface area (Å²) in [6, 6.07) is 5.28. The van der Waals surface area contributed by atoms with Gasteiger partial charge in [-0.05, 0) is 41.3 Å². The quantitative estimate of drug-likeness (QED) is 0.862. The molecular weight excluding hydrogens is 273 g/mol. The van der Waals surface area contributed by atoms with E-state index in [2.05, 4.69) is 15.9 Å². The molecule has 0 spiro atoms. The number of benzene rings is 1. The van der Waals surface area contributed by atoms with Gasteiger partial charge < -0.3 is 10.5 Å². The summed E-state index contributed by atoms with van der Waals surface area (Å²) >= 11 is 3.19. The van der Waals surface area contributed by atoms with Gasteiger partial charge in [0, 0.05) is 24.3 Å². The third kappa shape index (κ3) is 2.29. The van der Waals surface area contributed by atoms with E-state index < -0.39 is 5.54 Å². The number of rotatable bonds is 1. The Balaban J connectivity index is 2.37. The van der Waals surface area contributed by atoms with Gasteiger partial charge in [0.2, 0.25) is 0 Å². The first-order valence-electron chi connectivity index (χ1n) is 5.45. The summed E-state index contributed by atoms with van der Waals surface area (Å²) in [5, 5.41) is 0. The summed E-state index contributed by atoms with van der Waals surface area (Å²) in [5.41, 5.74) is 6.31. The number of hydrogen-bond donors (Lipinski definition) is 1. The van der Waals surface area contributed by atoms with Gasteiger partial charge in [-0.2, -0.15) is 0 Å². The van der Waals surface area contributed by atoms with Crippen molar-refractivity contribution in [2.24, 2.45) is 5.73 Å². The molecule has 1 saturated heterocycles. The van der Waals surface area contributed by atoms with E-state index in [4.69, 9.17) is 10.5 Å². The molecule has 88 valence electrons. The Kier molecular flexibility index (Phi) is 3.62. The smallest absolute Gasteiger partial charge is 0.142 e. The van der Waals surface area contributed by atoms with Gasteiger partial charge in [0.05, 0.1) is 4.47 Å². The van der Waals surface area contributed by atoms with Gasteiger partial charge in [0.15, 0.2) is 0 Å². The molecule has 4 heteroatoms. The SMILES string of the molecule is NC1(c2cccc(Br)c2F)CCCOCC1. The van der Waals surface area contributed by atoms with Crippen LogP contribution in [0, 0.1) is 5.82 Å². The van der Waals surface area contributed by atoms with E-state index in [-0.39, 0.29) is 5.82 Å². The zero-order valence-corrected chi connectivity index (χ0v) is 10.6. The van der Waals surface area contributed by atoms with Gasteiger partial charge in [-0.3, -0.25) is 0 Å². The Hall–Kier alpha value is -0.450. The Morgan fingerprint density at radius 2 is 2.12 bits per heavy atom. The van der Waals surface area contributed by atoms with Crippen molar-refractivity contribution in [3.8, 4) is 0 Å². The lowest BCUT2D eigenvalue weighted by Crippen LogP contribution is -2.37. The maximum absolute atomic E-state index is 14.0. The molecule has 0 aromatic heterocycles. The summed E-state index contributed by atoms with van der Waals surface area (Å²) in [6.45, 7) is 1.32. The third-order valence-electron chi connectivity index (χ3n) is 3.09. The van der Waals surface area contributed by atoms with E-state index in [0.717, 1.165) is 12.8 Å². The molecule has 1 aliphatic rings. The van der Waals surface area contributed by atoms with Crippen molar-refractivity contribution >= 4 is 15.9 Å². The third-order valence-corrected chi connectivity index (χ3v) is 3.70. The van der Waals surface area contributed by atoms with Crippen LogP contribution in [0.1, 0.15) is 24.8 Å². The fourth-order valence-electron chi connectivity index (χ4n) is 2.13. The van der Waals surface area contributed by atoms with Gasteiger partial charge in [0.1, 0.15) is 5.82 Å². The predicted molar refractivity (Wildman–Crippen MR) is 64.6 cm³/mol. The second-order valence-electron chi connectivity index (χ2n) is 4.22. The van der Waals surface area contributed by atoms with E-state index in [1.54, 1.807) is 12.1 Å². The highest BCUT2D eigenvalue weighted by atomic mass is 79.9. The maximum Gasteiger partial charge on any atom is 0.142 e. The zero-order valence-electron chi connectivity index (χ0n) is 9.01. The molecule has 1 fully saturated rings. The summed E-state index contributed by atoms with van der Waals surface area (Å²) in [5.74, 6) is -0.244. The molecule has 2 rings (SSSR count). The van der Waals surface area contributed by atoms with Crippen molar-refractivity contribution in [2.75, 3.05) is 13.2 Å². The molecule has 0 radical (unpaired) electrons. The van der Waals surface area contributed by atoms with Crippen LogP contribution in [0.2, 0.25) is 0 Å². The van der Waals surface area contributed by atoms with Gasteiger partial charge >= 0.3 is 0 Å². The lowest BCUT2D eigenvalue weighted by Gasteiger charge is -2.28. The van der Waals surface area contributed by atoms with Gasteiger partial charge in [0.25, 0.3) is 0 Å². The average Bonchev–Trinajstić information content (AvgIpc) is 2.48. The number of nitrogens with two attached hydrogens (primary N) is 1. The molecule has 2 N–H and O–H groups in total. The molecule has 2 nitrogen and oxygen atoms in total. The van der Waals surface area contributed by atoms with Crippen LogP contribution in [0.25, 0.3) is 0 Å². The molecule has 1 aromatic rings. The second-order valence-corrected chi connectivity index (χ2v) is 5.08. The van der Waals surface area contributed by atoms with Crippen LogP contribution in [-0.4, -0.2) is 13.2 Å². The van der Waals surface area contributed by atoms with E-state index in [1.165, 1.54) is 0 Å². The molecule has 0 amide bonds. The monoisotopic (exact) mass is 287 g/mol. The summed E-state index contributed by atoms with van der Waals surface area (Å²) in [4.78, 5) is 0. The van der Waals surface area contributed by atoms with Crippen molar-refractivity contribution in [1.82, 2.24) is 0 Å². The minimum Gasteiger partial charge on any atom is -0.381 e. The highest BCUT2D eigenvalue weighted by molar-refractivity contribution is 9.10. The summed E-state index contributed by atoms with van der Waals surface area (Å²) < 4.78 is 19.8. The number of ether oxygens (including phenoxy) is 1. The second kappa shape index (κ2) is 4.82. The molecule has 1 aliphatic heterocycles. The average molecular weight is 288 g/mol. The van der Waals surface area contributed by atoms with Crippen LogP contribution in [0.15, 0.2) is 22.7 Å². The van der Waals surface area contributed by atoms with E-state index in [9.17, 15) is 4.39 Å². The minimum atomic E-state index is -0.593. The van der Waals surface area contributed by atoms with Gasteiger partial charge in [-0.25, -0.2) is 4.39 Å². The molecule has 1 atom stereocenters. The fourth-order valence-corrected chi connectivity index (χ4v) is 2.49. The van der Waals surface area contributed by atoms with Gasteiger partial charge in [-0.15, -0.1) is 0 Å². The molecular formula is C12H15BrFNO. The van der Waals surface area contributed by atoms with Crippen LogP contribution in [0.4, 0.5) is 4.39 Å². The molecule has 16 heavy (non-hydrogen) atoms. The Morgan fingerprint density at radius 3 is 2.94 bits per heavy atom. The van der Waals surface area contributed by atoms with Crippen molar-refractivity contribution in [2.45, 2.75) is 24.8 Å².